The topological polar surface area (TPSA) is 34.0 Å². The summed E-state index contributed by atoms with van der Waals surface area (Å²) < 4.78 is 1.96. The molecule has 0 spiro atoms. The fraction of sp³-hybridized carbons (Fsp3) is 0.167. The molecular formula is C18H18N2O. The molecular weight excluding hydrogens is 260 g/mol. The minimum absolute atomic E-state index is 0.0133. The number of aryl methyl sites for hydroxylation is 1. The highest BCUT2D eigenvalue weighted by atomic mass is 16.1. The zero-order valence-corrected chi connectivity index (χ0v) is 12.0. The molecule has 0 aliphatic heterocycles. The number of carbonyl (C=O) groups is 1. The Morgan fingerprint density at radius 3 is 2.57 bits per heavy atom. The number of para-hydroxylation sites is 1. The SMILES string of the molecule is CCc1ccc(NC(=O)Cn2ccc3ccccc32)cc1. The third-order valence-corrected chi connectivity index (χ3v) is 3.64. The van der Waals surface area contributed by atoms with Crippen LogP contribution >= 0.6 is 0 Å². The first-order valence-electron chi connectivity index (χ1n) is 7.19. The number of rotatable bonds is 4. The first kappa shape index (κ1) is 13.4. The Kier molecular flexibility index (Phi) is 3.73. The van der Waals surface area contributed by atoms with Crippen molar-refractivity contribution in [2.75, 3.05) is 5.32 Å². The van der Waals surface area contributed by atoms with Gasteiger partial charge in [-0.05, 0) is 41.6 Å². The van der Waals surface area contributed by atoms with Crippen LogP contribution in [0.1, 0.15) is 12.5 Å². The highest BCUT2D eigenvalue weighted by molar-refractivity contribution is 5.92. The van der Waals surface area contributed by atoms with Gasteiger partial charge in [-0.25, -0.2) is 0 Å². The number of aromatic nitrogens is 1. The lowest BCUT2D eigenvalue weighted by Crippen LogP contribution is -2.18. The molecule has 1 heterocycles. The molecule has 0 radical (unpaired) electrons. The lowest BCUT2D eigenvalue weighted by Gasteiger charge is -2.08. The Labute approximate surface area is 124 Å². The van der Waals surface area contributed by atoms with Crippen LogP contribution in [0, 0.1) is 0 Å². The third-order valence-electron chi connectivity index (χ3n) is 3.64. The second-order valence-corrected chi connectivity index (χ2v) is 5.10. The van der Waals surface area contributed by atoms with E-state index >= 15 is 0 Å². The summed E-state index contributed by atoms with van der Waals surface area (Å²) in [6.07, 6.45) is 2.95. The highest BCUT2D eigenvalue weighted by Gasteiger charge is 2.06. The number of nitrogens with zero attached hydrogens (tertiary/aromatic N) is 1. The van der Waals surface area contributed by atoms with E-state index in [1.807, 2.05) is 65.4 Å². The van der Waals surface area contributed by atoms with E-state index in [-0.39, 0.29) is 5.91 Å². The number of hydrogen-bond acceptors (Lipinski definition) is 1. The van der Waals surface area contributed by atoms with Gasteiger partial charge in [-0.3, -0.25) is 4.79 Å². The van der Waals surface area contributed by atoms with Crippen LogP contribution in [0.3, 0.4) is 0 Å². The molecule has 1 amide bonds. The Hall–Kier alpha value is -2.55. The molecule has 0 bridgehead atoms. The summed E-state index contributed by atoms with van der Waals surface area (Å²) in [6.45, 7) is 2.44. The second kappa shape index (κ2) is 5.83. The molecule has 3 heteroatoms. The molecule has 3 rings (SSSR count). The van der Waals surface area contributed by atoms with Crippen molar-refractivity contribution >= 4 is 22.5 Å². The zero-order valence-electron chi connectivity index (χ0n) is 12.0. The van der Waals surface area contributed by atoms with Crippen LogP contribution in [0.15, 0.2) is 60.8 Å². The fourth-order valence-electron chi connectivity index (χ4n) is 2.46. The summed E-state index contributed by atoms with van der Waals surface area (Å²) in [5.74, 6) is -0.0133. The van der Waals surface area contributed by atoms with E-state index in [1.165, 1.54) is 5.56 Å². The Morgan fingerprint density at radius 1 is 1.05 bits per heavy atom. The van der Waals surface area contributed by atoms with Crippen LogP contribution < -0.4 is 5.32 Å². The number of fused-ring (bicyclic) bond motifs is 1. The summed E-state index contributed by atoms with van der Waals surface area (Å²) in [4.78, 5) is 12.1. The van der Waals surface area contributed by atoms with E-state index in [0.717, 1.165) is 23.0 Å². The van der Waals surface area contributed by atoms with E-state index in [4.69, 9.17) is 0 Å². The molecule has 1 N–H and O–H groups in total. The van der Waals surface area contributed by atoms with Gasteiger partial charge in [0.15, 0.2) is 0 Å². The average Bonchev–Trinajstić information content (AvgIpc) is 2.91. The quantitative estimate of drug-likeness (QED) is 0.773. The van der Waals surface area contributed by atoms with E-state index < -0.39 is 0 Å². The van der Waals surface area contributed by atoms with Crippen LogP contribution in [0.25, 0.3) is 10.9 Å². The number of anilines is 1. The molecule has 0 aliphatic rings. The minimum Gasteiger partial charge on any atom is -0.338 e. The zero-order chi connectivity index (χ0) is 14.7. The van der Waals surface area contributed by atoms with Crippen LogP contribution in [0.4, 0.5) is 5.69 Å². The molecule has 0 atom stereocenters. The van der Waals surface area contributed by atoms with Gasteiger partial charge in [-0.2, -0.15) is 0 Å². The summed E-state index contributed by atoms with van der Waals surface area (Å²) in [7, 11) is 0. The Morgan fingerprint density at radius 2 is 1.81 bits per heavy atom. The van der Waals surface area contributed by atoms with E-state index in [0.29, 0.717) is 6.54 Å². The second-order valence-electron chi connectivity index (χ2n) is 5.10. The van der Waals surface area contributed by atoms with E-state index in [2.05, 4.69) is 12.2 Å². The number of nitrogens with one attached hydrogen (secondary N) is 1. The molecule has 106 valence electrons. The number of hydrogen-bond donors (Lipinski definition) is 1. The maximum atomic E-state index is 12.1. The first-order chi connectivity index (χ1) is 10.3. The Bertz CT molecular complexity index is 756. The van der Waals surface area contributed by atoms with Crippen molar-refractivity contribution in [3.63, 3.8) is 0 Å². The maximum Gasteiger partial charge on any atom is 0.244 e. The molecule has 0 unspecified atom stereocenters. The lowest BCUT2D eigenvalue weighted by molar-refractivity contribution is -0.116. The molecule has 1 aromatic heterocycles. The van der Waals surface area contributed by atoms with Crippen LogP contribution in [-0.2, 0) is 17.8 Å². The van der Waals surface area contributed by atoms with Gasteiger partial charge in [0.1, 0.15) is 6.54 Å². The molecule has 0 saturated carbocycles. The fourth-order valence-corrected chi connectivity index (χ4v) is 2.46. The van der Waals surface area contributed by atoms with Gasteiger partial charge in [0.05, 0.1) is 0 Å². The molecule has 3 aromatic rings. The first-order valence-corrected chi connectivity index (χ1v) is 7.19. The van der Waals surface area contributed by atoms with Gasteiger partial charge in [-0.1, -0.05) is 37.3 Å². The number of amides is 1. The summed E-state index contributed by atoms with van der Waals surface area (Å²) in [6, 6.07) is 18.1. The lowest BCUT2D eigenvalue weighted by atomic mass is 10.1. The average molecular weight is 278 g/mol. The predicted octanol–water partition coefficient (Wildman–Crippen LogP) is 3.84. The van der Waals surface area contributed by atoms with Crippen LogP contribution in [0.5, 0.6) is 0 Å². The van der Waals surface area contributed by atoms with Crippen molar-refractivity contribution in [2.24, 2.45) is 0 Å². The van der Waals surface area contributed by atoms with Gasteiger partial charge in [0.2, 0.25) is 5.91 Å². The van der Waals surface area contributed by atoms with Crippen molar-refractivity contribution in [3.05, 3.63) is 66.4 Å². The molecule has 3 nitrogen and oxygen atoms in total. The van der Waals surface area contributed by atoms with Gasteiger partial charge in [-0.15, -0.1) is 0 Å². The molecule has 0 saturated heterocycles. The summed E-state index contributed by atoms with van der Waals surface area (Å²) >= 11 is 0. The monoisotopic (exact) mass is 278 g/mol. The van der Waals surface area contributed by atoms with Crippen molar-refractivity contribution in [3.8, 4) is 0 Å². The highest BCUT2D eigenvalue weighted by Crippen LogP contribution is 2.15. The van der Waals surface area contributed by atoms with Crippen LogP contribution in [-0.4, -0.2) is 10.5 Å². The van der Waals surface area contributed by atoms with Gasteiger partial charge < -0.3 is 9.88 Å². The Balaban J connectivity index is 1.71. The van der Waals surface area contributed by atoms with E-state index in [9.17, 15) is 4.79 Å². The molecule has 21 heavy (non-hydrogen) atoms. The largest absolute Gasteiger partial charge is 0.338 e. The normalized spacial score (nSPS) is 10.7. The van der Waals surface area contributed by atoms with Crippen molar-refractivity contribution < 1.29 is 4.79 Å². The smallest absolute Gasteiger partial charge is 0.244 e. The minimum atomic E-state index is -0.0133. The van der Waals surface area contributed by atoms with Gasteiger partial charge in [0.25, 0.3) is 0 Å². The van der Waals surface area contributed by atoms with Crippen LogP contribution in [0.2, 0.25) is 0 Å². The van der Waals surface area contributed by atoms with Crippen molar-refractivity contribution in [1.29, 1.82) is 0 Å². The molecule has 0 aliphatic carbocycles. The van der Waals surface area contributed by atoms with Crippen molar-refractivity contribution in [1.82, 2.24) is 4.57 Å². The maximum absolute atomic E-state index is 12.1. The number of benzene rings is 2. The molecule has 2 aromatic carbocycles. The predicted molar refractivity (Wildman–Crippen MR) is 86.4 cm³/mol. The standard InChI is InChI=1S/C18H18N2O/c1-2-14-7-9-16(10-8-14)19-18(21)13-20-12-11-15-5-3-4-6-17(15)20/h3-12H,2,13H2,1H3,(H,19,21). The summed E-state index contributed by atoms with van der Waals surface area (Å²) in [5, 5.41) is 4.09. The molecule has 0 fully saturated rings. The van der Waals surface area contributed by atoms with Crippen molar-refractivity contribution in [2.45, 2.75) is 19.9 Å². The summed E-state index contributed by atoms with van der Waals surface area (Å²) in [5.41, 5.74) is 3.19. The van der Waals surface area contributed by atoms with E-state index in [1.54, 1.807) is 0 Å². The van der Waals surface area contributed by atoms with Gasteiger partial charge in [0, 0.05) is 17.4 Å². The van der Waals surface area contributed by atoms with Gasteiger partial charge >= 0.3 is 0 Å². The third kappa shape index (κ3) is 2.97. The number of carbonyl (C=O) groups excluding carboxylic acids is 1.